The Morgan fingerprint density at radius 3 is 2.14 bits per heavy atom. The van der Waals surface area contributed by atoms with Gasteiger partial charge in [-0.05, 0) is 24.2 Å². The lowest BCUT2D eigenvalue weighted by Gasteiger charge is -2.24. The SMILES string of the molecule is BCC(CC)CC(C)C(C)CCCC. The van der Waals surface area contributed by atoms with Crippen molar-refractivity contribution in [3.63, 3.8) is 0 Å². The van der Waals surface area contributed by atoms with E-state index >= 15 is 0 Å². The van der Waals surface area contributed by atoms with Crippen molar-refractivity contribution in [3.05, 3.63) is 0 Å². The highest BCUT2D eigenvalue weighted by molar-refractivity contribution is 6.08. The summed E-state index contributed by atoms with van der Waals surface area (Å²) in [6, 6.07) is 0. The molecule has 0 aliphatic rings. The van der Waals surface area contributed by atoms with Crippen LogP contribution >= 0.6 is 0 Å². The Labute approximate surface area is 92.3 Å². The number of unbranched alkanes of at least 4 members (excludes halogenated alkanes) is 1. The van der Waals surface area contributed by atoms with Crippen molar-refractivity contribution in [1.29, 1.82) is 0 Å². The predicted molar refractivity (Wildman–Crippen MR) is 69.6 cm³/mol. The Bertz CT molecular complexity index is 118. The Morgan fingerprint density at radius 2 is 1.71 bits per heavy atom. The number of hydrogen-bond donors (Lipinski definition) is 0. The minimum Gasteiger partial charge on any atom is -0.0783 e. The smallest absolute Gasteiger partial charge is 0.0783 e. The molecule has 0 aliphatic carbocycles. The van der Waals surface area contributed by atoms with Gasteiger partial charge in [0.2, 0.25) is 0 Å². The maximum absolute atomic E-state index is 2.44. The molecule has 0 spiro atoms. The first-order chi connectivity index (χ1) is 6.65. The molecule has 0 nitrogen and oxygen atoms in total. The van der Waals surface area contributed by atoms with Gasteiger partial charge in [-0.1, -0.05) is 59.7 Å². The maximum Gasteiger partial charge on any atom is 0.101 e. The van der Waals surface area contributed by atoms with E-state index in [1.807, 2.05) is 0 Å². The molecule has 0 radical (unpaired) electrons. The molecule has 0 N–H and O–H groups in total. The Hall–Kier alpha value is 0.0649. The van der Waals surface area contributed by atoms with E-state index in [1.54, 1.807) is 0 Å². The van der Waals surface area contributed by atoms with Crippen LogP contribution in [0.2, 0.25) is 6.32 Å². The molecule has 0 saturated carbocycles. The fourth-order valence-electron chi connectivity index (χ4n) is 2.19. The van der Waals surface area contributed by atoms with Crippen LogP contribution in [0, 0.1) is 17.8 Å². The summed E-state index contributed by atoms with van der Waals surface area (Å²) in [6.45, 7) is 9.50. The highest BCUT2D eigenvalue weighted by Crippen LogP contribution is 2.26. The molecule has 0 aromatic carbocycles. The monoisotopic (exact) mass is 196 g/mol. The zero-order valence-electron chi connectivity index (χ0n) is 11.0. The van der Waals surface area contributed by atoms with E-state index in [9.17, 15) is 0 Å². The van der Waals surface area contributed by atoms with E-state index in [1.165, 1.54) is 38.4 Å². The summed E-state index contributed by atoms with van der Waals surface area (Å²) in [6.07, 6.45) is 8.36. The highest BCUT2D eigenvalue weighted by Gasteiger charge is 2.15. The fourth-order valence-corrected chi connectivity index (χ4v) is 2.19. The van der Waals surface area contributed by atoms with Crippen LogP contribution in [0.4, 0.5) is 0 Å². The molecule has 0 saturated heterocycles. The maximum atomic E-state index is 2.44. The quantitative estimate of drug-likeness (QED) is 0.516. The van der Waals surface area contributed by atoms with Crippen LogP contribution in [0.3, 0.4) is 0 Å². The Kier molecular flexibility index (Phi) is 8.42. The van der Waals surface area contributed by atoms with Gasteiger partial charge in [0.1, 0.15) is 7.85 Å². The minimum absolute atomic E-state index is 0.923. The molecule has 0 bridgehead atoms. The zero-order chi connectivity index (χ0) is 11.0. The van der Waals surface area contributed by atoms with E-state index in [2.05, 4.69) is 35.5 Å². The summed E-state index contributed by atoms with van der Waals surface area (Å²) in [5, 5.41) is 0. The first kappa shape index (κ1) is 14.1. The standard InChI is InChI=1S/C13H29B/c1-5-7-8-11(3)12(4)9-13(6-2)10-14/h11-13H,5-10,14H2,1-4H3. The molecule has 1 heteroatoms. The van der Waals surface area contributed by atoms with Crippen LogP contribution in [0.5, 0.6) is 0 Å². The molecule has 3 unspecified atom stereocenters. The molecule has 0 aliphatic heterocycles. The molecule has 14 heavy (non-hydrogen) atoms. The first-order valence-corrected chi connectivity index (χ1v) is 6.65. The largest absolute Gasteiger partial charge is 0.101 e. The van der Waals surface area contributed by atoms with Gasteiger partial charge in [0, 0.05) is 0 Å². The third-order valence-corrected chi connectivity index (χ3v) is 3.84. The third-order valence-electron chi connectivity index (χ3n) is 3.84. The lowest BCUT2D eigenvalue weighted by atomic mass is 9.78. The summed E-state index contributed by atoms with van der Waals surface area (Å²) in [5.74, 6) is 2.82. The number of hydrogen-bond acceptors (Lipinski definition) is 0. The van der Waals surface area contributed by atoms with Gasteiger partial charge < -0.3 is 0 Å². The Morgan fingerprint density at radius 1 is 1.07 bits per heavy atom. The van der Waals surface area contributed by atoms with Gasteiger partial charge in [0.25, 0.3) is 0 Å². The van der Waals surface area contributed by atoms with Gasteiger partial charge >= 0.3 is 0 Å². The van der Waals surface area contributed by atoms with Gasteiger partial charge in [0.05, 0.1) is 0 Å². The van der Waals surface area contributed by atoms with Crippen LogP contribution < -0.4 is 0 Å². The topological polar surface area (TPSA) is 0 Å². The lowest BCUT2D eigenvalue weighted by Crippen LogP contribution is -2.13. The van der Waals surface area contributed by atoms with E-state index < -0.39 is 0 Å². The van der Waals surface area contributed by atoms with E-state index in [0.29, 0.717) is 0 Å². The molecular weight excluding hydrogens is 167 g/mol. The molecule has 0 heterocycles. The van der Waals surface area contributed by atoms with Crippen LogP contribution in [0.15, 0.2) is 0 Å². The average molecular weight is 196 g/mol. The van der Waals surface area contributed by atoms with Gasteiger partial charge in [-0.2, -0.15) is 0 Å². The molecule has 3 atom stereocenters. The van der Waals surface area contributed by atoms with Crippen molar-refractivity contribution in [2.75, 3.05) is 0 Å². The molecule has 0 fully saturated rings. The lowest BCUT2D eigenvalue weighted by molar-refractivity contribution is 0.291. The minimum atomic E-state index is 0.923. The molecular formula is C13H29B. The van der Waals surface area contributed by atoms with Gasteiger partial charge in [-0.3, -0.25) is 0 Å². The summed E-state index contributed by atoms with van der Waals surface area (Å²) in [7, 11) is 2.33. The molecule has 0 amide bonds. The van der Waals surface area contributed by atoms with E-state index in [0.717, 1.165) is 17.8 Å². The molecule has 0 aromatic heterocycles. The van der Waals surface area contributed by atoms with Crippen LogP contribution in [0.25, 0.3) is 0 Å². The average Bonchev–Trinajstić information content (AvgIpc) is 2.21. The van der Waals surface area contributed by atoms with Crippen molar-refractivity contribution < 1.29 is 0 Å². The molecule has 0 rings (SSSR count). The molecule has 84 valence electrons. The van der Waals surface area contributed by atoms with Gasteiger partial charge in [-0.15, -0.1) is 0 Å². The highest BCUT2D eigenvalue weighted by atomic mass is 14.2. The Balaban J connectivity index is 3.74. The van der Waals surface area contributed by atoms with Crippen LogP contribution in [0.1, 0.15) is 59.8 Å². The van der Waals surface area contributed by atoms with Crippen LogP contribution in [-0.2, 0) is 0 Å². The second-order valence-electron chi connectivity index (χ2n) is 5.02. The van der Waals surface area contributed by atoms with Crippen molar-refractivity contribution in [2.45, 2.75) is 66.1 Å². The van der Waals surface area contributed by atoms with Crippen molar-refractivity contribution in [2.24, 2.45) is 17.8 Å². The predicted octanol–water partition coefficient (Wildman–Crippen LogP) is 3.92. The molecule has 0 aromatic rings. The second kappa shape index (κ2) is 8.38. The number of rotatable bonds is 8. The van der Waals surface area contributed by atoms with Crippen molar-refractivity contribution >= 4 is 7.85 Å². The van der Waals surface area contributed by atoms with E-state index in [-0.39, 0.29) is 0 Å². The first-order valence-electron chi connectivity index (χ1n) is 6.65. The normalized spacial score (nSPS) is 17.7. The fraction of sp³-hybridized carbons (Fsp3) is 1.00. The summed E-state index contributed by atoms with van der Waals surface area (Å²) >= 11 is 0. The van der Waals surface area contributed by atoms with Crippen LogP contribution in [-0.4, -0.2) is 7.85 Å². The van der Waals surface area contributed by atoms with Gasteiger partial charge in [0.15, 0.2) is 0 Å². The second-order valence-corrected chi connectivity index (χ2v) is 5.02. The van der Waals surface area contributed by atoms with Gasteiger partial charge in [-0.25, -0.2) is 0 Å². The summed E-state index contributed by atoms with van der Waals surface area (Å²) < 4.78 is 0. The van der Waals surface area contributed by atoms with Crippen molar-refractivity contribution in [1.82, 2.24) is 0 Å². The zero-order valence-corrected chi connectivity index (χ0v) is 11.0. The summed E-state index contributed by atoms with van der Waals surface area (Å²) in [5.41, 5.74) is 0. The van der Waals surface area contributed by atoms with Crippen molar-refractivity contribution in [3.8, 4) is 0 Å². The third kappa shape index (κ3) is 5.72. The van der Waals surface area contributed by atoms with E-state index in [4.69, 9.17) is 0 Å². The summed E-state index contributed by atoms with van der Waals surface area (Å²) in [4.78, 5) is 0.